The lowest BCUT2D eigenvalue weighted by Crippen LogP contribution is -2.21. The third-order valence-corrected chi connectivity index (χ3v) is 1.58. The van der Waals surface area contributed by atoms with Gasteiger partial charge in [-0.15, -0.1) is 0 Å². The van der Waals surface area contributed by atoms with Crippen LogP contribution in [0.5, 0.6) is 0 Å². The van der Waals surface area contributed by atoms with Crippen LogP contribution in [0.15, 0.2) is 36.4 Å². The Bertz CT molecular complexity index is 246. The molecule has 0 saturated carbocycles. The van der Waals surface area contributed by atoms with Crippen molar-refractivity contribution in [1.29, 1.82) is 0 Å². The normalized spacial score (nSPS) is 13.8. The number of hydrogen-bond acceptors (Lipinski definition) is 2. The van der Waals surface area contributed by atoms with Crippen LogP contribution in [-0.4, -0.2) is 17.6 Å². The molecule has 1 amide bonds. The second kappa shape index (κ2) is 5.27. The molecule has 0 aromatic heterocycles. The maximum Gasteiger partial charge on any atom is 0.245 e. The first-order valence-corrected chi connectivity index (χ1v) is 4.27. The van der Waals surface area contributed by atoms with Crippen molar-refractivity contribution in [2.24, 2.45) is 0 Å². The number of carbonyl (C=O) groups is 1. The highest BCUT2D eigenvalue weighted by atomic mass is 32.1. The topological polar surface area (TPSA) is 41.1 Å². The molecule has 0 aliphatic carbocycles. The fraction of sp³-hybridized carbons (Fsp3) is 0.111. The Morgan fingerprint density at radius 2 is 1.54 bits per heavy atom. The summed E-state index contributed by atoms with van der Waals surface area (Å²) in [6.45, 7) is 0.332. The summed E-state index contributed by atoms with van der Waals surface area (Å²) in [4.78, 5) is 10.2. The number of amides is 1. The lowest BCUT2D eigenvalue weighted by atomic mass is 10.4. The van der Waals surface area contributed by atoms with Crippen molar-refractivity contribution in [3.05, 3.63) is 36.4 Å². The average Bonchev–Trinajstić information content (AvgIpc) is 2.54. The highest BCUT2D eigenvalue weighted by molar-refractivity contribution is 7.80. The number of carbonyl (C=O) groups excluding carboxylic acids is 1. The van der Waals surface area contributed by atoms with E-state index in [0.717, 1.165) is 0 Å². The molecule has 1 aromatic carbocycles. The van der Waals surface area contributed by atoms with Gasteiger partial charge in [0.2, 0.25) is 5.91 Å². The van der Waals surface area contributed by atoms with Crippen LogP contribution in [0.25, 0.3) is 0 Å². The maximum absolute atomic E-state index is 10.2. The van der Waals surface area contributed by atoms with Crippen LogP contribution < -0.4 is 10.6 Å². The Balaban J connectivity index is 0.000000132. The van der Waals surface area contributed by atoms with Gasteiger partial charge >= 0.3 is 0 Å². The van der Waals surface area contributed by atoms with E-state index in [1.165, 1.54) is 0 Å². The van der Waals surface area contributed by atoms with Gasteiger partial charge in [-0.2, -0.15) is 0 Å². The highest BCUT2D eigenvalue weighted by Gasteiger charge is 2.10. The maximum atomic E-state index is 10.2. The van der Waals surface area contributed by atoms with Crippen molar-refractivity contribution in [1.82, 2.24) is 10.6 Å². The summed E-state index contributed by atoms with van der Waals surface area (Å²) in [6.07, 6.45) is 0. The van der Waals surface area contributed by atoms with E-state index in [1.54, 1.807) is 0 Å². The number of nitrogens with one attached hydrogen (secondary N) is 2. The van der Waals surface area contributed by atoms with E-state index in [1.807, 2.05) is 36.4 Å². The largest absolute Gasteiger partial charge is 0.353 e. The van der Waals surface area contributed by atoms with Gasteiger partial charge in [0, 0.05) is 0 Å². The van der Waals surface area contributed by atoms with Crippen molar-refractivity contribution in [3.8, 4) is 0 Å². The predicted octanol–water partition coefficient (Wildman–Crippen LogP) is 0.677. The van der Waals surface area contributed by atoms with Crippen molar-refractivity contribution >= 4 is 23.2 Å². The minimum atomic E-state index is -0.0509. The standard InChI is InChI=1S/C6H6.C3H4N2OS/c1-2-4-6-5-3-1;6-2-1-4-3(7)5-2/h1-6H;1H2,(H2,4,5,6,7). The van der Waals surface area contributed by atoms with E-state index in [9.17, 15) is 4.79 Å². The van der Waals surface area contributed by atoms with Gasteiger partial charge in [-0.05, 0) is 12.2 Å². The molecule has 3 nitrogen and oxygen atoms in total. The van der Waals surface area contributed by atoms with E-state index in [2.05, 4.69) is 22.9 Å². The van der Waals surface area contributed by atoms with E-state index >= 15 is 0 Å². The molecule has 1 fully saturated rings. The summed E-state index contributed by atoms with van der Waals surface area (Å²) in [5, 5.41) is 5.47. The fourth-order valence-corrected chi connectivity index (χ4v) is 0.946. The van der Waals surface area contributed by atoms with Crippen LogP contribution in [0.4, 0.5) is 0 Å². The number of thiocarbonyl (C=S) groups is 1. The molecular weight excluding hydrogens is 184 g/mol. The SMILES string of the molecule is O=C1CNC(=S)N1.c1ccccc1. The fourth-order valence-electron chi connectivity index (χ4n) is 0.760. The first-order valence-electron chi connectivity index (χ1n) is 3.87. The predicted molar refractivity (Wildman–Crippen MR) is 55.2 cm³/mol. The summed E-state index contributed by atoms with van der Waals surface area (Å²) in [7, 11) is 0. The molecule has 0 radical (unpaired) electrons. The molecule has 2 N–H and O–H groups in total. The monoisotopic (exact) mass is 194 g/mol. The Kier molecular flexibility index (Phi) is 3.92. The molecule has 4 heteroatoms. The molecule has 1 heterocycles. The summed E-state index contributed by atoms with van der Waals surface area (Å²) in [5.74, 6) is -0.0509. The second-order valence-electron chi connectivity index (χ2n) is 2.39. The zero-order valence-electron chi connectivity index (χ0n) is 6.99. The Morgan fingerprint density at radius 1 is 1.08 bits per heavy atom. The van der Waals surface area contributed by atoms with Crippen LogP contribution in [0, 0.1) is 0 Å². The van der Waals surface area contributed by atoms with E-state index in [0.29, 0.717) is 11.7 Å². The zero-order chi connectivity index (χ0) is 9.52. The second-order valence-corrected chi connectivity index (χ2v) is 2.79. The molecule has 0 atom stereocenters. The molecule has 1 saturated heterocycles. The van der Waals surface area contributed by atoms with Gasteiger partial charge in [-0.25, -0.2) is 0 Å². The van der Waals surface area contributed by atoms with E-state index < -0.39 is 0 Å². The van der Waals surface area contributed by atoms with Crippen LogP contribution in [0.2, 0.25) is 0 Å². The first-order chi connectivity index (χ1) is 6.29. The molecule has 1 aliphatic rings. The van der Waals surface area contributed by atoms with Gasteiger partial charge in [0.15, 0.2) is 5.11 Å². The molecule has 0 spiro atoms. The molecule has 2 rings (SSSR count). The van der Waals surface area contributed by atoms with Gasteiger partial charge in [0.1, 0.15) is 0 Å². The summed E-state index contributed by atoms with van der Waals surface area (Å²) in [5.41, 5.74) is 0. The van der Waals surface area contributed by atoms with Crippen LogP contribution >= 0.6 is 12.2 Å². The Morgan fingerprint density at radius 3 is 1.69 bits per heavy atom. The lowest BCUT2D eigenvalue weighted by Gasteiger charge is -1.83. The van der Waals surface area contributed by atoms with Crippen molar-refractivity contribution in [2.75, 3.05) is 6.54 Å². The Hall–Kier alpha value is -1.42. The molecular formula is C9H10N2OS. The Labute approximate surface area is 82.1 Å². The van der Waals surface area contributed by atoms with Crippen molar-refractivity contribution < 1.29 is 4.79 Å². The van der Waals surface area contributed by atoms with Gasteiger partial charge in [-0.1, -0.05) is 36.4 Å². The van der Waals surface area contributed by atoms with E-state index in [-0.39, 0.29) is 5.91 Å². The number of rotatable bonds is 0. The van der Waals surface area contributed by atoms with Gasteiger partial charge in [-0.3, -0.25) is 4.79 Å². The lowest BCUT2D eigenvalue weighted by molar-refractivity contribution is -0.117. The highest BCUT2D eigenvalue weighted by Crippen LogP contribution is 1.79. The summed E-state index contributed by atoms with van der Waals surface area (Å²) in [6, 6.07) is 12.0. The summed E-state index contributed by atoms with van der Waals surface area (Å²) >= 11 is 4.55. The zero-order valence-corrected chi connectivity index (χ0v) is 7.80. The van der Waals surface area contributed by atoms with E-state index in [4.69, 9.17) is 0 Å². The minimum Gasteiger partial charge on any atom is -0.353 e. The first kappa shape index (κ1) is 9.67. The minimum absolute atomic E-state index is 0.0509. The molecule has 68 valence electrons. The number of hydrogen-bond donors (Lipinski definition) is 2. The summed E-state index contributed by atoms with van der Waals surface area (Å²) < 4.78 is 0. The van der Waals surface area contributed by atoms with Crippen molar-refractivity contribution in [2.45, 2.75) is 0 Å². The van der Waals surface area contributed by atoms with Crippen molar-refractivity contribution in [3.63, 3.8) is 0 Å². The molecule has 0 unspecified atom stereocenters. The molecule has 0 bridgehead atoms. The van der Waals surface area contributed by atoms with Crippen LogP contribution in [0.1, 0.15) is 0 Å². The van der Waals surface area contributed by atoms with Gasteiger partial charge < -0.3 is 10.6 Å². The average molecular weight is 194 g/mol. The van der Waals surface area contributed by atoms with Crippen LogP contribution in [-0.2, 0) is 4.79 Å². The molecule has 1 aliphatic heterocycles. The quantitative estimate of drug-likeness (QED) is 0.597. The smallest absolute Gasteiger partial charge is 0.245 e. The molecule has 1 aromatic rings. The third-order valence-electron chi connectivity index (χ3n) is 1.33. The molecule has 13 heavy (non-hydrogen) atoms. The third kappa shape index (κ3) is 4.22. The van der Waals surface area contributed by atoms with Gasteiger partial charge in [0.05, 0.1) is 6.54 Å². The van der Waals surface area contributed by atoms with Crippen LogP contribution in [0.3, 0.4) is 0 Å². The van der Waals surface area contributed by atoms with Gasteiger partial charge in [0.25, 0.3) is 0 Å². The number of benzene rings is 1.